The molecule has 0 aromatic rings. The molecule has 1 aliphatic rings. The Morgan fingerprint density at radius 3 is 3.08 bits per heavy atom. The zero-order chi connectivity index (χ0) is 9.68. The molecule has 1 rings (SSSR count). The molecule has 0 spiro atoms. The number of hydrogen-bond donors (Lipinski definition) is 1. The number of carbonyl (C=O) groups excluding carboxylic acids is 2. The molecule has 74 valence electrons. The predicted molar refractivity (Wildman–Crippen MR) is 41.2 cm³/mol. The van der Waals surface area contributed by atoms with Crippen LogP contribution in [-0.4, -0.2) is 38.1 Å². The molecule has 0 bridgehead atoms. The van der Waals surface area contributed by atoms with Crippen LogP contribution in [0.3, 0.4) is 0 Å². The standard InChI is InChI=1S/C7H11NO5/c1-2-8-6(9)11-3-5-4-12-7(10)13-5/h5H,2-4H2,1H3,(H,8,9). The Morgan fingerprint density at radius 2 is 2.54 bits per heavy atom. The van der Waals surface area contributed by atoms with E-state index in [2.05, 4.69) is 14.8 Å². The van der Waals surface area contributed by atoms with Crippen molar-refractivity contribution in [1.29, 1.82) is 0 Å². The molecular weight excluding hydrogens is 178 g/mol. The summed E-state index contributed by atoms with van der Waals surface area (Å²) >= 11 is 0. The van der Waals surface area contributed by atoms with Gasteiger partial charge in [-0.25, -0.2) is 9.59 Å². The monoisotopic (exact) mass is 189 g/mol. The van der Waals surface area contributed by atoms with E-state index in [1.165, 1.54) is 0 Å². The van der Waals surface area contributed by atoms with Crippen molar-refractivity contribution in [3.8, 4) is 0 Å². The second kappa shape index (κ2) is 4.54. The molecule has 1 heterocycles. The quantitative estimate of drug-likeness (QED) is 0.645. The van der Waals surface area contributed by atoms with Crippen LogP contribution in [0.1, 0.15) is 6.92 Å². The summed E-state index contributed by atoms with van der Waals surface area (Å²) in [5, 5.41) is 2.44. The van der Waals surface area contributed by atoms with E-state index in [0.717, 1.165) is 0 Å². The highest BCUT2D eigenvalue weighted by Crippen LogP contribution is 2.05. The Bertz CT molecular complexity index is 205. The summed E-state index contributed by atoms with van der Waals surface area (Å²) in [6.07, 6.45) is -1.72. The number of nitrogens with one attached hydrogen (secondary N) is 1. The molecule has 0 aromatic heterocycles. The maximum absolute atomic E-state index is 10.8. The Hall–Kier alpha value is -1.46. The number of cyclic esters (lactones) is 2. The summed E-state index contributed by atoms with van der Waals surface area (Å²) in [4.78, 5) is 21.2. The maximum Gasteiger partial charge on any atom is 0.508 e. The third-order valence-electron chi connectivity index (χ3n) is 1.37. The Kier molecular flexibility index (Phi) is 3.36. The van der Waals surface area contributed by atoms with Crippen molar-refractivity contribution in [2.45, 2.75) is 13.0 Å². The summed E-state index contributed by atoms with van der Waals surface area (Å²) in [6.45, 7) is 2.44. The molecule has 1 fully saturated rings. The number of carbonyl (C=O) groups is 2. The number of amides is 1. The van der Waals surface area contributed by atoms with Gasteiger partial charge in [0, 0.05) is 6.54 Å². The molecule has 1 amide bonds. The van der Waals surface area contributed by atoms with Gasteiger partial charge in [-0.05, 0) is 6.92 Å². The molecule has 1 aliphatic heterocycles. The predicted octanol–water partition coefficient (Wildman–Crippen LogP) is 0.268. The van der Waals surface area contributed by atoms with Crippen molar-refractivity contribution < 1.29 is 23.8 Å². The molecule has 0 aliphatic carbocycles. The van der Waals surface area contributed by atoms with Crippen molar-refractivity contribution in [1.82, 2.24) is 5.32 Å². The summed E-state index contributed by atoms with van der Waals surface area (Å²) in [5.74, 6) is 0. The number of hydrogen-bond acceptors (Lipinski definition) is 5. The molecule has 1 atom stereocenters. The second-order valence-corrected chi connectivity index (χ2v) is 2.43. The highest BCUT2D eigenvalue weighted by Gasteiger charge is 2.25. The molecule has 6 nitrogen and oxygen atoms in total. The first-order chi connectivity index (χ1) is 6.22. The van der Waals surface area contributed by atoms with E-state index in [-0.39, 0.29) is 13.2 Å². The van der Waals surface area contributed by atoms with E-state index >= 15 is 0 Å². The zero-order valence-electron chi connectivity index (χ0n) is 7.24. The SMILES string of the molecule is CCNC(=O)OCC1COC(=O)O1. The lowest BCUT2D eigenvalue weighted by atomic mass is 10.4. The summed E-state index contributed by atoms with van der Waals surface area (Å²) < 4.78 is 13.8. The first-order valence-corrected chi connectivity index (χ1v) is 3.96. The van der Waals surface area contributed by atoms with Crippen LogP contribution >= 0.6 is 0 Å². The average molecular weight is 189 g/mol. The van der Waals surface area contributed by atoms with Crippen LogP contribution in [0.15, 0.2) is 0 Å². The molecule has 0 aromatic carbocycles. The molecule has 1 saturated heterocycles. The Morgan fingerprint density at radius 1 is 1.77 bits per heavy atom. The first kappa shape index (κ1) is 9.63. The summed E-state index contributed by atoms with van der Waals surface area (Å²) in [6, 6.07) is 0. The number of alkyl carbamates (subject to hydrolysis) is 1. The Balaban J connectivity index is 2.12. The van der Waals surface area contributed by atoms with Crippen molar-refractivity contribution in [3.05, 3.63) is 0 Å². The lowest BCUT2D eigenvalue weighted by molar-refractivity contribution is 0.0729. The van der Waals surface area contributed by atoms with Gasteiger partial charge >= 0.3 is 12.2 Å². The smallest absolute Gasteiger partial charge is 0.445 e. The lowest BCUT2D eigenvalue weighted by Gasteiger charge is -2.07. The zero-order valence-corrected chi connectivity index (χ0v) is 7.24. The fraction of sp³-hybridized carbons (Fsp3) is 0.714. The van der Waals surface area contributed by atoms with Crippen LogP contribution in [0.5, 0.6) is 0 Å². The van der Waals surface area contributed by atoms with Crippen molar-refractivity contribution in [2.24, 2.45) is 0 Å². The van der Waals surface area contributed by atoms with Gasteiger partial charge in [0.25, 0.3) is 0 Å². The van der Waals surface area contributed by atoms with Gasteiger partial charge in [0.2, 0.25) is 0 Å². The van der Waals surface area contributed by atoms with Crippen LogP contribution in [0, 0.1) is 0 Å². The molecule has 1 N–H and O–H groups in total. The molecule has 1 unspecified atom stereocenters. The van der Waals surface area contributed by atoms with E-state index in [9.17, 15) is 9.59 Å². The molecule has 6 heteroatoms. The van der Waals surface area contributed by atoms with E-state index in [4.69, 9.17) is 4.74 Å². The van der Waals surface area contributed by atoms with E-state index in [1.807, 2.05) is 0 Å². The van der Waals surface area contributed by atoms with Gasteiger partial charge in [0.15, 0.2) is 6.10 Å². The summed E-state index contributed by atoms with van der Waals surface area (Å²) in [5.41, 5.74) is 0. The Labute approximate surface area is 75.1 Å². The van der Waals surface area contributed by atoms with Gasteiger partial charge in [0.1, 0.15) is 13.2 Å². The largest absolute Gasteiger partial charge is 0.508 e. The maximum atomic E-state index is 10.8. The molecule has 13 heavy (non-hydrogen) atoms. The van der Waals surface area contributed by atoms with Gasteiger partial charge in [-0.1, -0.05) is 0 Å². The summed E-state index contributed by atoms with van der Waals surface area (Å²) in [7, 11) is 0. The van der Waals surface area contributed by atoms with Crippen molar-refractivity contribution >= 4 is 12.2 Å². The minimum Gasteiger partial charge on any atom is -0.445 e. The molecule has 0 radical (unpaired) electrons. The molecule has 0 saturated carbocycles. The normalized spacial score (nSPS) is 20.4. The third kappa shape index (κ3) is 3.18. The van der Waals surface area contributed by atoms with E-state index < -0.39 is 18.4 Å². The fourth-order valence-electron chi connectivity index (χ4n) is 0.811. The van der Waals surface area contributed by atoms with Crippen LogP contribution in [0.2, 0.25) is 0 Å². The second-order valence-electron chi connectivity index (χ2n) is 2.43. The van der Waals surface area contributed by atoms with Gasteiger partial charge in [-0.3, -0.25) is 0 Å². The van der Waals surface area contributed by atoms with Gasteiger partial charge < -0.3 is 19.5 Å². The van der Waals surface area contributed by atoms with E-state index in [1.54, 1.807) is 6.92 Å². The fourth-order valence-corrected chi connectivity index (χ4v) is 0.811. The lowest BCUT2D eigenvalue weighted by Crippen LogP contribution is -2.28. The number of rotatable bonds is 3. The van der Waals surface area contributed by atoms with Gasteiger partial charge in [-0.15, -0.1) is 0 Å². The molecular formula is C7H11NO5. The van der Waals surface area contributed by atoms with Gasteiger partial charge in [0.05, 0.1) is 0 Å². The number of ether oxygens (including phenoxy) is 3. The highest BCUT2D eigenvalue weighted by molar-refractivity contribution is 5.67. The van der Waals surface area contributed by atoms with Crippen molar-refractivity contribution in [2.75, 3.05) is 19.8 Å². The highest BCUT2D eigenvalue weighted by atomic mass is 16.8. The topological polar surface area (TPSA) is 73.9 Å². The van der Waals surface area contributed by atoms with Crippen molar-refractivity contribution in [3.63, 3.8) is 0 Å². The minimum atomic E-state index is -0.718. The van der Waals surface area contributed by atoms with Crippen LogP contribution in [0.25, 0.3) is 0 Å². The third-order valence-corrected chi connectivity index (χ3v) is 1.37. The van der Waals surface area contributed by atoms with Crippen LogP contribution in [0.4, 0.5) is 9.59 Å². The first-order valence-electron chi connectivity index (χ1n) is 3.96. The van der Waals surface area contributed by atoms with E-state index in [0.29, 0.717) is 6.54 Å². The van der Waals surface area contributed by atoms with Crippen LogP contribution < -0.4 is 5.32 Å². The van der Waals surface area contributed by atoms with Crippen LogP contribution in [-0.2, 0) is 14.2 Å². The minimum absolute atomic E-state index is 0.0254. The average Bonchev–Trinajstić information content (AvgIpc) is 2.49. The van der Waals surface area contributed by atoms with Gasteiger partial charge in [-0.2, -0.15) is 0 Å².